The Labute approximate surface area is 117 Å². The van der Waals surface area contributed by atoms with E-state index in [1.807, 2.05) is 73.1 Å². The minimum atomic E-state index is -0.0609. The first-order valence-electron chi connectivity index (χ1n) is 6.61. The van der Waals surface area contributed by atoms with Crippen LogP contribution in [0.25, 0.3) is 16.8 Å². The Hall–Kier alpha value is -2.55. The molecule has 0 fully saturated rings. The summed E-state index contributed by atoms with van der Waals surface area (Å²) in [5.74, 6) is 0. The monoisotopic (exact) mass is 264 g/mol. The van der Waals surface area contributed by atoms with Crippen LogP contribution in [0.3, 0.4) is 0 Å². The smallest absolute Gasteiger partial charge is 0.267 e. The van der Waals surface area contributed by atoms with Crippen molar-refractivity contribution in [3.63, 3.8) is 0 Å². The molecule has 0 amide bonds. The van der Waals surface area contributed by atoms with Gasteiger partial charge in [0.05, 0.1) is 16.9 Å². The number of aryl methyl sites for hydroxylation is 1. The molecular formula is C17H16N2O. The van der Waals surface area contributed by atoms with Crippen molar-refractivity contribution in [1.82, 2.24) is 9.78 Å². The van der Waals surface area contributed by atoms with Gasteiger partial charge < -0.3 is 0 Å². The van der Waals surface area contributed by atoms with Gasteiger partial charge in [-0.15, -0.1) is 0 Å². The second-order valence-electron chi connectivity index (χ2n) is 4.94. The molecule has 20 heavy (non-hydrogen) atoms. The number of rotatable bonds is 2. The van der Waals surface area contributed by atoms with Crippen molar-refractivity contribution in [2.24, 2.45) is 0 Å². The number of aromatic nitrogens is 2. The molecule has 0 aliphatic carbocycles. The highest BCUT2D eigenvalue weighted by Gasteiger charge is 2.13. The van der Waals surface area contributed by atoms with E-state index in [1.54, 1.807) is 0 Å². The fraction of sp³-hybridized carbons (Fsp3) is 0.118. The van der Waals surface area contributed by atoms with Crippen molar-refractivity contribution in [2.45, 2.75) is 13.8 Å². The van der Waals surface area contributed by atoms with Gasteiger partial charge in [0.15, 0.2) is 0 Å². The molecule has 0 unspecified atom stereocenters. The summed E-state index contributed by atoms with van der Waals surface area (Å²) in [6.07, 6.45) is 0. The van der Waals surface area contributed by atoms with E-state index in [9.17, 15) is 4.79 Å². The van der Waals surface area contributed by atoms with Crippen LogP contribution >= 0.6 is 0 Å². The zero-order chi connectivity index (χ0) is 14.1. The van der Waals surface area contributed by atoms with Crippen LogP contribution in [0.2, 0.25) is 0 Å². The minimum Gasteiger partial charge on any atom is -0.267 e. The molecule has 0 bridgehead atoms. The number of H-pyrrole nitrogens is 1. The molecule has 0 radical (unpaired) electrons. The van der Waals surface area contributed by atoms with Crippen LogP contribution in [0.1, 0.15) is 11.3 Å². The SMILES string of the molecule is Cc1ccc(-n2[nH]c(=O)c(-c3ccccc3)c2C)cc1. The number of hydrogen-bond acceptors (Lipinski definition) is 1. The van der Waals surface area contributed by atoms with E-state index in [2.05, 4.69) is 5.10 Å². The third-order valence-electron chi connectivity index (χ3n) is 3.49. The van der Waals surface area contributed by atoms with Crippen molar-refractivity contribution >= 4 is 0 Å². The molecule has 0 saturated carbocycles. The van der Waals surface area contributed by atoms with Crippen molar-refractivity contribution in [3.05, 3.63) is 76.2 Å². The van der Waals surface area contributed by atoms with Crippen molar-refractivity contribution in [2.75, 3.05) is 0 Å². The molecule has 3 aromatic rings. The topological polar surface area (TPSA) is 37.8 Å². The van der Waals surface area contributed by atoms with Crippen LogP contribution in [0.15, 0.2) is 59.4 Å². The zero-order valence-corrected chi connectivity index (χ0v) is 11.6. The highest BCUT2D eigenvalue weighted by molar-refractivity contribution is 5.65. The molecule has 1 heterocycles. The maximum Gasteiger partial charge on any atom is 0.272 e. The first kappa shape index (κ1) is 12.5. The molecule has 0 aliphatic heterocycles. The average molecular weight is 264 g/mol. The van der Waals surface area contributed by atoms with Crippen molar-refractivity contribution in [1.29, 1.82) is 0 Å². The van der Waals surface area contributed by atoms with Crippen LogP contribution < -0.4 is 5.56 Å². The van der Waals surface area contributed by atoms with Crippen LogP contribution in [-0.2, 0) is 0 Å². The molecule has 3 nitrogen and oxygen atoms in total. The summed E-state index contributed by atoms with van der Waals surface area (Å²) in [5, 5.41) is 2.91. The summed E-state index contributed by atoms with van der Waals surface area (Å²) in [5.41, 5.74) is 4.69. The summed E-state index contributed by atoms with van der Waals surface area (Å²) in [6, 6.07) is 17.8. The molecule has 0 spiro atoms. The molecule has 0 saturated heterocycles. The lowest BCUT2D eigenvalue weighted by Crippen LogP contribution is -2.05. The van der Waals surface area contributed by atoms with Gasteiger partial charge in [0, 0.05) is 0 Å². The fourth-order valence-corrected chi connectivity index (χ4v) is 2.41. The van der Waals surface area contributed by atoms with Gasteiger partial charge in [-0.3, -0.25) is 14.6 Å². The summed E-state index contributed by atoms with van der Waals surface area (Å²) >= 11 is 0. The Bertz CT molecular complexity index is 780. The van der Waals surface area contributed by atoms with Crippen LogP contribution in [0, 0.1) is 13.8 Å². The Balaban J connectivity index is 2.17. The molecule has 3 rings (SSSR count). The van der Waals surface area contributed by atoms with E-state index in [0.717, 1.165) is 22.5 Å². The Morgan fingerprint density at radius 1 is 0.900 bits per heavy atom. The molecular weight excluding hydrogens is 248 g/mol. The molecule has 2 aromatic carbocycles. The number of hydrogen-bond donors (Lipinski definition) is 1. The second kappa shape index (κ2) is 4.85. The van der Waals surface area contributed by atoms with Gasteiger partial charge in [-0.1, -0.05) is 48.0 Å². The van der Waals surface area contributed by atoms with Crippen molar-refractivity contribution in [3.8, 4) is 16.8 Å². The highest BCUT2D eigenvalue weighted by Crippen LogP contribution is 2.21. The Kier molecular flexibility index (Phi) is 3.03. The summed E-state index contributed by atoms with van der Waals surface area (Å²) in [4.78, 5) is 12.2. The van der Waals surface area contributed by atoms with E-state index < -0.39 is 0 Å². The predicted octanol–water partition coefficient (Wildman–Crippen LogP) is 3.45. The van der Waals surface area contributed by atoms with Gasteiger partial charge in [0.2, 0.25) is 0 Å². The summed E-state index contributed by atoms with van der Waals surface area (Å²) < 4.78 is 1.84. The number of benzene rings is 2. The highest BCUT2D eigenvalue weighted by atomic mass is 16.1. The van der Waals surface area contributed by atoms with Crippen LogP contribution in [0.5, 0.6) is 0 Å². The van der Waals surface area contributed by atoms with Gasteiger partial charge >= 0.3 is 0 Å². The molecule has 100 valence electrons. The maximum absolute atomic E-state index is 12.2. The molecule has 0 aliphatic rings. The zero-order valence-electron chi connectivity index (χ0n) is 11.6. The van der Waals surface area contributed by atoms with Crippen molar-refractivity contribution < 1.29 is 0 Å². The predicted molar refractivity (Wildman–Crippen MR) is 81.3 cm³/mol. The van der Waals surface area contributed by atoms with Gasteiger partial charge in [0.1, 0.15) is 0 Å². The van der Waals surface area contributed by atoms with Gasteiger partial charge in [-0.25, -0.2) is 0 Å². The molecule has 1 N–H and O–H groups in total. The van der Waals surface area contributed by atoms with Gasteiger partial charge in [-0.2, -0.15) is 0 Å². The lowest BCUT2D eigenvalue weighted by atomic mass is 10.1. The van der Waals surface area contributed by atoms with Crippen LogP contribution in [0.4, 0.5) is 0 Å². The molecule has 3 heteroatoms. The molecule has 1 aromatic heterocycles. The lowest BCUT2D eigenvalue weighted by Gasteiger charge is -2.06. The van der Waals surface area contributed by atoms with E-state index in [-0.39, 0.29) is 5.56 Å². The van der Waals surface area contributed by atoms with Crippen LogP contribution in [-0.4, -0.2) is 9.78 Å². The summed E-state index contributed by atoms with van der Waals surface area (Å²) in [7, 11) is 0. The van der Waals surface area contributed by atoms with E-state index in [4.69, 9.17) is 0 Å². The lowest BCUT2D eigenvalue weighted by molar-refractivity contribution is 0.834. The summed E-state index contributed by atoms with van der Waals surface area (Å²) in [6.45, 7) is 4.00. The largest absolute Gasteiger partial charge is 0.272 e. The fourth-order valence-electron chi connectivity index (χ4n) is 2.41. The second-order valence-corrected chi connectivity index (χ2v) is 4.94. The third kappa shape index (κ3) is 2.07. The number of nitrogens with zero attached hydrogens (tertiary/aromatic N) is 1. The standard InChI is InChI=1S/C17H16N2O/c1-12-8-10-15(11-9-12)19-13(2)16(17(20)18-19)14-6-4-3-5-7-14/h3-11H,1-2H3,(H,18,20). The molecule has 0 atom stereocenters. The average Bonchev–Trinajstić information content (AvgIpc) is 2.76. The van der Waals surface area contributed by atoms with Gasteiger partial charge in [0.25, 0.3) is 5.56 Å². The number of nitrogens with one attached hydrogen (secondary N) is 1. The Morgan fingerprint density at radius 3 is 2.20 bits per heavy atom. The first-order chi connectivity index (χ1) is 9.66. The quantitative estimate of drug-likeness (QED) is 0.756. The van der Waals surface area contributed by atoms with E-state index in [0.29, 0.717) is 0 Å². The number of aromatic amines is 1. The van der Waals surface area contributed by atoms with E-state index in [1.165, 1.54) is 5.56 Å². The first-order valence-corrected chi connectivity index (χ1v) is 6.61. The normalized spacial score (nSPS) is 10.7. The maximum atomic E-state index is 12.2. The van der Waals surface area contributed by atoms with Gasteiger partial charge in [-0.05, 0) is 31.5 Å². The Morgan fingerprint density at radius 2 is 1.55 bits per heavy atom. The minimum absolute atomic E-state index is 0.0609. The third-order valence-corrected chi connectivity index (χ3v) is 3.49. The van der Waals surface area contributed by atoms with E-state index >= 15 is 0 Å².